The predicted octanol–water partition coefficient (Wildman–Crippen LogP) is 3.28. The van der Waals surface area contributed by atoms with Crippen molar-refractivity contribution in [2.75, 3.05) is 16.0 Å². The highest BCUT2D eigenvalue weighted by Gasteiger charge is 2.25. The van der Waals surface area contributed by atoms with Gasteiger partial charge in [-0.15, -0.1) is 0 Å². The number of phenolic OH excluding ortho intramolecular Hbond substituents is 1. The van der Waals surface area contributed by atoms with Crippen molar-refractivity contribution in [2.24, 2.45) is 0 Å². The Labute approximate surface area is 150 Å². The van der Waals surface area contributed by atoms with Gasteiger partial charge in [0.2, 0.25) is 0 Å². The second-order valence-electron chi connectivity index (χ2n) is 5.57. The molecule has 0 saturated carbocycles. The summed E-state index contributed by atoms with van der Waals surface area (Å²) in [6.45, 7) is 0. The van der Waals surface area contributed by atoms with Crippen molar-refractivity contribution in [1.29, 1.82) is 0 Å². The summed E-state index contributed by atoms with van der Waals surface area (Å²) in [5.41, 5.74) is 7.76. The molecule has 3 aromatic carbocycles. The quantitative estimate of drug-likeness (QED) is 0.385. The maximum atomic E-state index is 12.8. The topological polar surface area (TPSA) is 95.7 Å². The number of amides is 2. The van der Waals surface area contributed by atoms with E-state index in [0.29, 0.717) is 22.7 Å². The van der Waals surface area contributed by atoms with Gasteiger partial charge in [-0.3, -0.25) is 14.5 Å². The lowest BCUT2D eigenvalue weighted by atomic mass is 10.2. The third-order valence-corrected chi connectivity index (χ3v) is 3.69. The summed E-state index contributed by atoms with van der Waals surface area (Å²) in [6.07, 6.45) is 0. The lowest BCUT2D eigenvalue weighted by Crippen LogP contribution is -2.36. The zero-order chi connectivity index (χ0) is 18.5. The van der Waals surface area contributed by atoms with E-state index >= 15 is 0 Å². The highest BCUT2D eigenvalue weighted by atomic mass is 16.3. The minimum Gasteiger partial charge on any atom is -0.508 e. The van der Waals surface area contributed by atoms with Gasteiger partial charge in [0.25, 0.3) is 0 Å². The van der Waals surface area contributed by atoms with Gasteiger partial charge in [-0.2, -0.15) is 0 Å². The third kappa shape index (κ3) is 3.81. The van der Waals surface area contributed by atoms with Crippen molar-refractivity contribution >= 4 is 34.6 Å². The largest absolute Gasteiger partial charge is 0.508 e. The van der Waals surface area contributed by atoms with Gasteiger partial charge in [0.05, 0.1) is 0 Å². The fourth-order valence-corrected chi connectivity index (χ4v) is 2.41. The molecule has 0 aliphatic heterocycles. The molecular formula is C20H17N3O3. The van der Waals surface area contributed by atoms with Crippen LogP contribution in [-0.2, 0) is 9.59 Å². The molecule has 0 aromatic heterocycles. The van der Waals surface area contributed by atoms with Gasteiger partial charge in [-0.1, -0.05) is 18.2 Å². The summed E-state index contributed by atoms with van der Waals surface area (Å²) in [5.74, 6) is -1.47. The maximum Gasteiger partial charge on any atom is 0.321 e. The van der Waals surface area contributed by atoms with Crippen LogP contribution >= 0.6 is 0 Å². The molecule has 4 N–H and O–H groups in total. The minimum absolute atomic E-state index is 0.0714. The number of hydrogen-bond acceptors (Lipinski definition) is 4. The average molecular weight is 347 g/mol. The minimum atomic E-state index is -0.795. The monoisotopic (exact) mass is 347 g/mol. The molecule has 0 radical (unpaired) electrons. The van der Waals surface area contributed by atoms with E-state index in [1.165, 1.54) is 29.2 Å². The lowest BCUT2D eigenvalue weighted by Gasteiger charge is -2.22. The summed E-state index contributed by atoms with van der Waals surface area (Å²) >= 11 is 0. The molecule has 26 heavy (non-hydrogen) atoms. The lowest BCUT2D eigenvalue weighted by molar-refractivity contribution is -0.134. The Morgan fingerprint density at radius 1 is 0.808 bits per heavy atom. The van der Waals surface area contributed by atoms with Crippen LogP contribution in [0.5, 0.6) is 5.75 Å². The van der Waals surface area contributed by atoms with Crippen molar-refractivity contribution in [3.63, 3.8) is 0 Å². The smallest absolute Gasteiger partial charge is 0.321 e. The molecule has 0 saturated heterocycles. The molecule has 0 spiro atoms. The van der Waals surface area contributed by atoms with Gasteiger partial charge < -0.3 is 16.2 Å². The highest BCUT2D eigenvalue weighted by molar-refractivity contribution is 6.45. The van der Waals surface area contributed by atoms with Crippen LogP contribution in [0, 0.1) is 0 Å². The molecule has 6 heteroatoms. The van der Waals surface area contributed by atoms with E-state index in [2.05, 4.69) is 5.32 Å². The molecule has 0 aliphatic carbocycles. The Morgan fingerprint density at radius 3 is 2.00 bits per heavy atom. The van der Waals surface area contributed by atoms with Gasteiger partial charge in [0.1, 0.15) is 5.75 Å². The van der Waals surface area contributed by atoms with Crippen LogP contribution in [0.15, 0.2) is 78.9 Å². The van der Waals surface area contributed by atoms with E-state index in [1.807, 2.05) is 6.07 Å². The van der Waals surface area contributed by atoms with E-state index in [4.69, 9.17) is 5.73 Å². The molecule has 0 bridgehead atoms. The number of nitrogens with zero attached hydrogens (tertiary/aromatic N) is 1. The zero-order valence-corrected chi connectivity index (χ0v) is 13.8. The number of benzene rings is 3. The first-order valence-electron chi connectivity index (χ1n) is 7.89. The summed E-state index contributed by atoms with van der Waals surface area (Å²) in [4.78, 5) is 26.6. The first-order valence-corrected chi connectivity index (χ1v) is 7.89. The summed E-state index contributed by atoms with van der Waals surface area (Å²) in [6, 6.07) is 21.4. The molecule has 0 atom stereocenters. The molecular weight excluding hydrogens is 330 g/mol. The van der Waals surface area contributed by atoms with E-state index < -0.39 is 11.8 Å². The average Bonchev–Trinajstić information content (AvgIpc) is 2.66. The van der Waals surface area contributed by atoms with Gasteiger partial charge in [-0.25, -0.2) is 0 Å². The number of nitrogen functional groups attached to an aromatic ring is 1. The second-order valence-corrected chi connectivity index (χ2v) is 5.57. The van der Waals surface area contributed by atoms with Crippen molar-refractivity contribution in [2.45, 2.75) is 0 Å². The molecule has 130 valence electrons. The van der Waals surface area contributed by atoms with E-state index in [-0.39, 0.29) is 5.75 Å². The van der Waals surface area contributed by atoms with Crippen LogP contribution in [0.1, 0.15) is 0 Å². The van der Waals surface area contributed by atoms with E-state index in [0.717, 1.165) is 0 Å². The first kappa shape index (κ1) is 17.0. The number of rotatable bonds is 3. The number of para-hydroxylation sites is 1. The van der Waals surface area contributed by atoms with Gasteiger partial charge in [0, 0.05) is 22.7 Å². The van der Waals surface area contributed by atoms with Gasteiger partial charge >= 0.3 is 11.8 Å². The van der Waals surface area contributed by atoms with Crippen LogP contribution in [0.3, 0.4) is 0 Å². The van der Waals surface area contributed by atoms with Crippen LogP contribution in [0.2, 0.25) is 0 Å². The zero-order valence-electron chi connectivity index (χ0n) is 13.8. The number of carbonyl (C=O) groups is 2. The number of phenols is 1. The standard InChI is InChI=1S/C20H17N3O3/c21-14-6-10-17(11-7-14)23(16-4-2-1-3-5-16)20(26)19(25)22-15-8-12-18(24)13-9-15/h1-13,24H,21H2,(H,22,25). The predicted molar refractivity (Wildman–Crippen MR) is 101 cm³/mol. The summed E-state index contributed by atoms with van der Waals surface area (Å²) < 4.78 is 0. The Balaban J connectivity index is 1.90. The van der Waals surface area contributed by atoms with Crippen LogP contribution in [-0.4, -0.2) is 16.9 Å². The number of anilines is 4. The van der Waals surface area contributed by atoms with Crippen LogP contribution in [0.25, 0.3) is 0 Å². The molecule has 2 amide bonds. The van der Waals surface area contributed by atoms with Gasteiger partial charge in [-0.05, 0) is 60.7 Å². The van der Waals surface area contributed by atoms with Crippen molar-refractivity contribution in [1.82, 2.24) is 0 Å². The third-order valence-electron chi connectivity index (χ3n) is 3.69. The molecule has 0 unspecified atom stereocenters. The summed E-state index contributed by atoms with van der Waals surface area (Å²) in [5, 5.41) is 11.8. The molecule has 3 aromatic rings. The summed E-state index contributed by atoms with van der Waals surface area (Å²) in [7, 11) is 0. The normalized spacial score (nSPS) is 10.2. The number of carbonyl (C=O) groups excluding carboxylic acids is 2. The number of aromatic hydroxyl groups is 1. The fourth-order valence-electron chi connectivity index (χ4n) is 2.41. The number of nitrogens with one attached hydrogen (secondary N) is 1. The second kappa shape index (κ2) is 7.40. The molecule has 6 nitrogen and oxygen atoms in total. The van der Waals surface area contributed by atoms with Gasteiger partial charge in [0.15, 0.2) is 0 Å². The molecule has 0 heterocycles. The SMILES string of the molecule is Nc1ccc(N(C(=O)C(=O)Nc2ccc(O)cc2)c2ccccc2)cc1. The fraction of sp³-hybridized carbons (Fsp3) is 0. The first-order chi connectivity index (χ1) is 12.5. The number of nitrogens with two attached hydrogens (primary N) is 1. The molecule has 3 rings (SSSR count). The van der Waals surface area contributed by atoms with Crippen LogP contribution < -0.4 is 16.0 Å². The van der Waals surface area contributed by atoms with Crippen LogP contribution in [0.4, 0.5) is 22.7 Å². The van der Waals surface area contributed by atoms with E-state index in [9.17, 15) is 14.7 Å². The Morgan fingerprint density at radius 2 is 1.38 bits per heavy atom. The Hall–Kier alpha value is -3.80. The maximum absolute atomic E-state index is 12.8. The Kier molecular flexibility index (Phi) is 4.85. The van der Waals surface area contributed by atoms with Crippen molar-refractivity contribution < 1.29 is 14.7 Å². The molecule has 0 aliphatic rings. The van der Waals surface area contributed by atoms with Crippen molar-refractivity contribution in [3.05, 3.63) is 78.9 Å². The number of hydrogen-bond donors (Lipinski definition) is 3. The highest BCUT2D eigenvalue weighted by Crippen LogP contribution is 2.26. The van der Waals surface area contributed by atoms with E-state index in [1.54, 1.807) is 48.5 Å². The Bertz CT molecular complexity index is 907. The van der Waals surface area contributed by atoms with Crippen molar-refractivity contribution in [3.8, 4) is 5.75 Å². The molecule has 0 fully saturated rings.